The van der Waals surface area contributed by atoms with Gasteiger partial charge in [0, 0.05) is 6.04 Å². The monoisotopic (exact) mass is 242 g/mol. The number of carbonyl (C=O) groups excluding carboxylic acids is 1. The van der Waals surface area contributed by atoms with Gasteiger partial charge in [0.15, 0.2) is 0 Å². The van der Waals surface area contributed by atoms with E-state index >= 15 is 0 Å². The highest BCUT2D eigenvalue weighted by atomic mass is 16.5. The Kier molecular flexibility index (Phi) is 5.92. The van der Waals surface area contributed by atoms with Crippen LogP contribution in [0.5, 0.6) is 0 Å². The molecule has 17 heavy (non-hydrogen) atoms. The fourth-order valence-corrected chi connectivity index (χ4v) is 2.08. The van der Waals surface area contributed by atoms with Gasteiger partial charge in [-0.1, -0.05) is 6.92 Å². The predicted molar refractivity (Wildman–Crippen MR) is 69.0 cm³/mol. The Bertz CT molecular complexity index is 244. The lowest BCUT2D eigenvalue weighted by molar-refractivity contribution is -0.149. The smallest absolute Gasteiger partial charge is 0.323 e. The fourth-order valence-electron chi connectivity index (χ4n) is 2.08. The van der Waals surface area contributed by atoms with E-state index in [0.717, 1.165) is 32.4 Å². The second-order valence-electron chi connectivity index (χ2n) is 5.16. The van der Waals surface area contributed by atoms with E-state index in [0.29, 0.717) is 6.04 Å². The third kappa shape index (κ3) is 5.04. The van der Waals surface area contributed by atoms with Crippen molar-refractivity contribution in [2.45, 2.75) is 58.2 Å². The largest absolute Gasteiger partial charge is 0.462 e. The van der Waals surface area contributed by atoms with Gasteiger partial charge in [0.05, 0.1) is 6.10 Å². The van der Waals surface area contributed by atoms with Gasteiger partial charge in [0.1, 0.15) is 6.04 Å². The van der Waals surface area contributed by atoms with Gasteiger partial charge in [-0.05, 0) is 53.2 Å². The maximum Gasteiger partial charge on any atom is 0.323 e. The van der Waals surface area contributed by atoms with E-state index in [1.165, 1.54) is 0 Å². The van der Waals surface area contributed by atoms with Crippen LogP contribution in [0.25, 0.3) is 0 Å². The average Bonchev–Trinajstić information content (AvgIpc) is 2.73. The molecule has 1 aliphatic heterocycles. The molecule has 1 rings (SSSR count). The van der Waals surface area contributed by atoms with E-state index in [9.17, 15) is 4.79 Å². The van der Waals surface area contributed by atoms with Crippen LogP contribution < -0.4 is 5.32 Å². The van der Waals surface area contributed by atoms with Crippen molar-refractivity contribution < 1.29 is 9.53 Å². The Morgan fingerprint density at radius 3 is 2.76 bits per heavy atom. The Balaban J connectivity index is 2.25. The van der Waals surface area contributed by atoms with Crippen LogP contribution in [0.3, 0.4) is 0 Å². The van der Waals surface area contributed by atoms with Crippen molar-refractivity contribution in [1.29, 1.82) is 0 Å². The van der Waals surface area contributed by atoms with E-state index in [1.54, 1.807) is 0 Å². The van der Waals surface area contributed by atoms with Gasteiger partial charge in [-0.25, -0.2) is 0 Å². The van der Waals surface area contributed by atoms with Crippen LogP contribution in [-0.2, 0) is 9.53 Å². The third-order valence-electron chi connectivity index (χ3n) is 3.28. The van der Waals surface area contributed by atoms with Crippen molar-refractivity contribution in [3.05, 3.63) is 0 Å². The molecule has 0 radical (unpaired) electrons. The van der Waals surface area contributed by atoms with Crippen molar-refractivity contribution >= 4 is 5.97 Å². The summed E-state index contributed by atoms with van der Waals surface area (Å²) in [5.74, 6) is -0.0913. The van der Waals surface area contributed by atoms with E-state index in [-0.39, 0.29) is 18.1 Å². The number of esters is 1. The lowest BCUT2D eigenvalue weighted by Gasteiger charge is -2.18. The number of hydrogen-bond donors (Lipinski definition) is 1. The van der Waals surface area contributed by atoms with Gasteiger partial charge in [0.2, 0.25) is 0 Å². The molecule has 0 amide bonds. The maximum absolute atomic E-state index is 11.7. The minimum Gasteiger partial charge on any atom is -0.462 e. The highest BCUT2D eigenvalue weighted by molar-refractivity contribution is 5.76. The Hall–Kier alpha value is -0.610. The highest BCUT2D eigenvalue weighted by Crippen LogP contribution is 2.16. The second-order valence-corrected chi connectivity index (χ2v) is 5.16. The lowest BCUT2D eigenvalue weighted by Crippen LogP contribution is -2.38. The van der Waals surface area contributed by atoms with Gasteiger partial charge >= 0.3 is 5.97 Å². The van der Waals surface area contributed by atoms with Crippen LogP contribution in [0.1, 0.15) is 40.0 Å². The van der Waals surface area contributed by atoms with Gasteiger partial charge in [-0.2, -0.15) is 0 Å². The summed E-state index contributed by atoms with van der Waals surface area (Å²) >= 11 is 0. The van der Waals surface area contributed by atoms with Crippen LogP contribution in [0, 0.1) is 0 Å². The van der Waals surface area contributed by atoms with Gasteiger partial charge in [-0.3, -0.25) is 4.79 Å². The van der Waals surface area contributed by atoms with E-state index in [2.05, 4.69) is 24.2 Å². The molecular formula is C13H26N2O2. The summed E-state index contributed by atoms with van der Waals surface area (Å²) in [5.41, 5.74) is 0. The zero-order valence-electron chi connectivity index (χ0n) is 11.5. The molecule has 0 aliphatic carbocycles. The number of ether oxygens (including phenoxy) is 1. The topological polar surface area (TPSA) is 41.6 Å². The summed E-state index contributed by atoms with van der Waals surface area (Å²) in [4.78, 5) is 14.0. The molecule has 0 aromatic heterocycles. The molecule has 100 valence electrons. The SMILES string of the molecule is CCN(C)CCC1CCC(C(=O)OC(C)C)N1. The summed E-state index contributed by atoms with van der Waals surface area (Å²) in [5, 5.41) is 3.37. The molecule has 2 atom stereocenters. The molecule has 4 nitrogen and oxygen atoms in total. The molecule has 1 saturated heterocycles. The Labute approximate surface area is 105 Å². The van der Waals surface area contributed by atoms with Gasteiger partial charge in [-0.15, -0.1) is 0 Å². The van der Waals surface area contributed by atoms with Crippen LogP contribution in [-0.4, -0.2) is 49.2 Å². The summed E-state index contributed by atoms with van der Waals surface area (Å²) in [6, 6.07) is 0.378. The predicted octanol–water partition coefficient (Wildman–Crippen LogP) is 1.40. The zero-order valence-corrected chi connectivity index (χ0v) is 11.5. The van der Waals surface area contributed by atoms with E-state index in [4.69, 9.17) is 4.74 Å². The number of hydrogen-bond acceptors (Lipinski definition) is 4. The number of nitrogens with zero attached hydrogens (tertiary/aromatic N) is 1. The van der Waals surface area contributed by atoms with Crippen LogP contribution in [0.4, 0.5) is 0 Å². The van der Waals surface area contributed by atoms with Crippen molar-refractivity contribution in [2.75, 3.05) is 20.1 Å². The third-order valence-corrected chi connectivity index (χ3v) is 3.28. The summed E-state index contributed by atoms with van der Waals surface area (Å²) in [6.45, 7) is 8.09. The molecule has 0 aromatic rings. The first-order valence-electron chi connectivity index (χ1n) is 6.68. The molecule has 0 aromatic carbocycles. The molecule has 1 fully saturated rings. The lowest BCUT2D eigenvalue weighted by atomic mass is 10.1. The van der Waals surface area contributed by atoms with Crippen molar-refractivity contribution in [1.82, 2.24) is 10.2 Å². The molecule has 4 heteroatoms. The molecule has 0 saturated carbocycles. The van der Waals surface area contributed by atoms with E-state index < -0.39 is 0 Å². The molecule has 0 spiro atoms. The van der Waals surface area contributed by atoms with Gasteiger partial charge in [0.25, 0.3) is 0 Å². The first-order chi connectivity index (χ1) is 8.02. The number of rotatable bonds is 6. The molecule has 1 N–H and O–H groups in total. The van der Waals surface area contributed by atoms with Crippen molar-refractivity contribution in [2.24, 2.45) is 0 Å². The molecule has 2 unspecified atom stereocenters. The standard InChI is InChI=1S/C13H26N2O2/c1-5-15(4)9-8-11-6-7-12(14-11)13(16)17-10(2)3/h10-12,14H,5-9H2,1-4H3. The number of nitrogens with one attached hydrogen (secondary N) is 1. The van der Waals surface area contributed by atoms with Gasteiger partial charge < -0.3 is 15.0 Å². The van der Waals surface area contributed by atoms with Crippen molar-refractivity contribution in [3.8, 4) is 0 Å². The number of carbonyl (C=O) groups is 1. The Morgan fingerprint density at radius 1 is 1.47 bits per heavy atom. The summed E-state index contributed by atoms with van der Waals surface area (Å²) in [7, 11) is 2.12. The second kappa shape index (κ2) is 6.97. The Morgan fingerprint density at radius 2 is 2.18 bits per heavy atom. The van der Waals surface area contributed by atoms with Crippen LogP contribution in [0.2, 0.25) is 0 Å². The summed E-state index contributed by atoms with van der Waals surface area (Å²) < 4.78 is 5.22. The summed E-state index contributed by atoms with van der Waals surface area (Å²) in [6.07, 6.45) is 3.08. The van der Waals surface area contributed by atoms with Crippen LogP contribution >= 0.6 is 0 Å². The maximum atomic E-state index is 11.7. The molecular weight excluding hydrogens is 216 g/mol. The molecule has 1 heterocycles. The first kappa shape index (κ1) is 14.5. The quantitative estimate of drug-likeness (QED) is 0.715. The minimum absolute atomic E-state index is 0.0189. The first-order valence-corrected chi connectivity index (χ1v) is 6.68. The minimum atomic E-state index is -0.0913. The zero-order chi connectivity index (χ0) is 12.8. The average molecular weight is 242 g/mol. The molecule has 1 aliphatic rings. The normalized spacial score (nSPS) is 24.6. The fraction of sp³-hybridized carbons (Fsp3) is 0.923. The highest BCUT2D eigenvalue weighted by Gasteiger charge is 2.30. The van der Waals surface area contributed by atoms with Crippen LogP contribution in [0.15, 0.2) is 0 Å². The van der Waals surface area contributed by atoms with Crippen molar-refractivity contribution in [3.63, 3.8) is 0 Å². The van der Waals surface area contributed by atoms with E-state index in [1.807, 2.05) is 13.8 Å². The molecule has 0 bridgehead atoms.